The number of benzene rings is 2. The monoisotopic (exact) mass is 333 g/mol. The molecule has 1 atom stereocenters. The summed E-state index contributed by atoms with van der Waals surface area (Å²) in [4.78, 5) is 0. The van der Waals surface area contributed by atoms with Gasteiger partial charge in [0.2, 0.25) is 0 Å². The van der Waals surface area contributed by atoms with Crippen molar-refractivity contribution >= 4 is 0 Å². The highest BCUT2D eigenvalue weighted by Crippen LogP contribution is 2.36. The summed E-state index contributed by atoms with van der Waals surface area (Å²) in [5, 5.41) is 6.90. The van der Waals surface area contributed by atoms with Crippen LogP contribution >= 0.6 is 0 Å². The molecule has 0 aliphatic heterocycles. The van der Waals surface area contributed by atoms with Gasteiger partial charge in [0.1, 0.15) is 0 Å². The zero-order chi connectivity index (χ0) is 17.9. The summed E-state index contributed by atoms with van der Waals surface area (Å²) in [5.41, 5.74) is 12.4. The molecule has 0 radical (unpaired) electrons. The summed E-state index contributed by atoms with van der Waals surface area (Å²) >= 11 is 0. The number of hydrogen-bond acceptors (Lipinski definition) is 2. The molecule has 3 aromatic rings. The Kier molecular flexibility index (Phi) is 5.05. The van der Waals surface area contributed by atoms with Gasteiger partial charge < -0.3 is 5.73 Å². The van der Waals surface area contributed by atoms with Gasteiger partial charge in [-0.15, -0.1) is 0 Å². The summed E-state index contributed by atoms with van der Waals surface area (Å²) in [6, 6.07) is 17.6. The lowest BCUT2D eigenvalue weighted by atomic mass is 9.77. The van der Waals surface area contributed by atoms with Gasteiger partial charge in [0.25, 0.3) is 0 Å². The van der Waals surface area contributed by atoms with Crippen molar-refractivity contribution in [1.82, 2.24) is 10.2 Å². The van der Waals surface area contributed by atoms with Gasteiger partial charge >= 0.3 is 0 Å². The average molecular weight is 333 g/mol. The summed E-state index contributed by atoms with van der Waals surface area (Å²) in [5.74, 6) is 0.318. The molecule has 0 saturated heterocycles. The van der Waals surface area contributed by atoms with E-state index in [4.69, 9.17) is 5.73 Å². The molecule has 3 heteroatoms. The highest BCUT2D eigenvalue weighted by Gasteiger charge is 2.23. The lowest BCUT2D eigenvalue weighted by molar-refractivity contribution is 0.572. The molecule has 1 unspecified atom stereocenters. The van der Waals surface area contributed by atoms with Crippen molar-refractivity contribution in [2.45, 2.75) is 38.5 Å². The number of hydrogen-bond donors (Lipinski definition) is 2. The third kappa shape index (κ3) is 3.83. The van der Waals surface area contributed by atoms with Crippen LogP contribution in [0.4, 0.5) is 0 Å². The summed E-state index contributed by atoms with van der Waals surface area (Å²) in [6.07, 6.45) is 4.71. The van der Waals surface area contributed by atoms with Crippen LogP contribution in [0.25, 0.3) is 11.1 Å². The molecule has 25 heavy (non-hydrogen) atoms. The summed E-state index contributed by atoms with van der Waals surface area (Å²) in [6.45, 7) is 7.49. The van der Waals surface area contributed by atoms with Crippen molar-refractivity contribution in [1.29, 1.82) is 0 Å². The van der Waals surface area contributed by atoms with E-state index in [9.17, 15) is 0 Å². The van der Waals surface area contributed by atoms with Crippen LogP contribution in [0.2, 0.25) is 0 Å². The fourth-order valence-electron chi connectivity index (χ4n) is 3.47. The summed E-state index contributed by atoms with van der Waals surface area (Å²) in [7, 11) is 0. The molecule has 0 amide bonds. The second-order valence-corrected chi connectivity index (χ2v) is 7.58. The number of nitrogens with one attached hydrogen (secondary N) is 1. The molecule has 1 aromatic heterocycles. The maximum Gasteiger partial charge on any atom is 0.0565 e. The van der Waals surface area contributed by atoms with Crippen LogP contribution in [0.5, 0.6) is 0 Å². The standard InChI is InChI=1S/C22H27N3/c1-22(2,3)21-7-5-4-6-20(21)19(12-13-23)17-10-8-16(9-11-17)18-14-24-25-15-18/h4-11,14-15,19H,12-13,23H2,1-3H3,(H,24,25). The van der Waals surface area contributed by atoms with Crippen molar-refractivity contribution in [3.63, 3.8) is 0 Å². The van der Waals surface area contributed by atoms with Crippen molar-refractivity contribution in [3.8, 4) is 11.1 Å². The van der Waals surface area contributed by atoms with E-state index in [0.29, 0.717) is 12.5 Å². The maximum atomic E-state index is 5.96. The summed E-state index contributed by atoms with van der Waals surface area (Å²) < 4.78 is 0. The molecular weight excluding hydrogens is 306 g/mol. The van der Waals surface area contributed by atoms with Gasteiger partial charge in [-0.05, 0) is 40.6 Å². The fraction of sp³-hybridized carbons (Fsp3) is 0.318. The Morgan fingerprint density at radius 3 is 2.32 bits per heavy atom. The molecule has 3 N–H and O–H groups in total. The first-order valence-corrected chi connectivity index (χ1v) is 8.89. The first-order valence-electron chi connectivity index (χ1n) is 8.89. The van der Waals surface area contributed by atoms with Crippen LogP contribution < -0.4 is 5.73 Å². The lowest BCUT2D eigenvalue weighted by Crippen LogP contribution is -2.18. The molecule has 0 saturated carbocycles. The third-order valence-electron chi connectivity index (χ3n) is 4.74. The van der Waals surface area contributed by atoms with Crippen molar-refractivity contribution in [2.75, 3.05) is 6.54 Å². The van der Waals surface area contributed by atoms with E-state index in [0.717, 1.165) is 12.0 Å². The van der Waals surface area contributed by atoms with Crippen LogP contribution in [0.3, 0.4) is 0 Å². The predicted molar refractivity (Wildman–Crippen MR) is 105 cm³/mol. The van der Waals surface area contributed by atoms with E-state index < -0.39 is 0 Å². The topological polar surface area (TPSA) is 54.7 Å². The minimum atomic E-state index is 0.111. The Labute approximate surface area is 150 Å². The largest absolute Gasteiger partial charge is 0.330 e. The van der Waals surface area contributed by atoms with Gasteiger partial charge in [0, 0.05) is 17.7 Å². The minimum Gasteiger partial charge on any atom is -0.330 e. The van der Waals surface area contributed by atoms with Crippen LogP contribution in [-0.4, -0.2) is 16.7 Å². The number of H-pyrrole nitrogens is 1. The predicted octanol–water partition coefficient (Wildman–Crippen LogP) is 4.85. The normalized spacial score (nSPS) is 13.0. The second kappa shape index (κ2) is 7.24. The van der Waals surface area contributed by atoms with Gasteiger partial charge in [0.15, 0.2) is 0 Å². The molecule has 0 bridgehead atoms. The van der Waals surface area contributed by atoms with E-state index in [1.807, 2.05) is 12.4 Å². The average Bonchev–Trinajstić information content (AvgIpc) is 3.14. The Morgan fingerprint density at radius 1 is 1.00 bits per heavy atom. The van der Waals surface area contributed by atoms with Crippen molar-refractivity contribution in [2.24, 2.45) is 5.73 Å². The molecule has 1 heterocycles. The molecule has 3 rings (SSSR count). The Hall–Kier alpha value is -2.39. The quantitative estimate of drug-likeness (QED) is 0.701. The SMILES string of the molecule is CC(C)(C)c1ccccc1C(CCN)c1ccc(-c2cn[nH]c2)cc1. The molecule has 130 valence electrons. The van der Waals surface area contributed by atoms with Gasteiger partial charge in [0.05, 0.1) is 6.20 Å². The number of aromatic amines is 1. The van der Waals surface area contributed by atoms with Gasteiger partial charge in [-0.2, -0.15) is 5.10 Å². The Morgan fingerprint density at radius 2 is 1.72 bits per heavy atom. The van der Waals surface area contributed by atoms with E-state index in [1.54, 1.807) is 0 Å². The highest BCUT2D eigenvalue weighted by molar-refractivity contribution is 5.62. The molecular formula is C22H27N3. The molecule has 0 aliphatic rings. The zero-order valence-electron chi connectivity index (χ0n) is 15.3. The second-order valence-electron chi connectivity index (χ2n) is 7.58. The van der Waals surface area contributed by atoms with Crippen molar-refractivity contribution < 1.29 is 0 Å². The van der Waals surface area contributed by atoms with Gasteiger partial charge in [-0.3, -0.25) is 5.10 Å². The molecule has 2 aromatic carbocycles. The Bertz CT molecular complexity index is 796. The fourth-order valence-corrected chi connectivity index (χ4v) is 3.47. The third-order valence-corrected chi connectivity index (χ3v) is 4.74. The number of nitrogens with zero attached hydrogens (tertiary/aromatic N) is 1. The van der Waals surface area contributed by atoms with Gasteiger partial charge in [-0.1, -0.05) is 69.3 Å². The maximum absolute atomic E-state index is 5.96. The first-order chi connectivity index (χ1) is 12.0. The van der Waals surface area contributed by atoms with Crippen molar-refractivity contribution in [3.05, 3.63) is 77.6 Å². The molecule has 0 spiro atoms. The van der Waals surface area contributed by atoms with Crippen LogP contribution in [0.15, 0.2) is 60.9 Å². The van der Waals surface area contributed by atoms with E-state index in [-0.39, 0.29) is 5.41 Å². The van der Waals surface area contributed by atoms with E-state index >= 15 is 0 Å². The minimum absolute atomic E-state index is 0.111. The number of rotatable bonds is 5. The number of aromatic nitrogens is 2. The van der Waals surface area contributed by atoms with Crippen LogP contribution in [0, 0.1) is 0 Å². The lowest BCUT2D eigenvalue weighted by Gasteiger charge is -2.28. The van der Waals surface area contributed by atoms with Crippen LogP contribution in [-0.2, 0) is 5.41 Å². The highest BCUT2D eigenvalue weighted by atomic mass is 15.1. The Balaban J connectivity index is 2.00. The molecule has 0 aliphatic carbocycles. The van der Waals surface area contributed by atoms with E-state index in [2.05, 4.69) is 79.5 Å². The first kappa shape index (κ1) is 17.4. The smallest absolute Gasteiger partial charge is 0.0565 e. The van der Waals surface area contributed by atoms with Crippen LogP contribution in [0.1, 0.15) is 49.8 Å². The number of nitrogens with two attached hydrogens (primary N) is 1. The molecule has 0 fully saturated rings. The van der Waals surface area contributed by atoms with Gasteiger partial charge in [-0.25, -0.2) is 0 Å². The van der Waals surface area contributed by atoms with E-state index in [1.165, 1.54) is 22.3 Å². The molecule has 3 nitrogen and oxygen atoms in total. The zero-order valence-corrected chi connectivity index (χ0v) is 15.3.